The third kappa shape index (κ3) is 3.29. The van der Waals surface area contributed by atoms with Gasteiger partial charge in [0.2, 0.25) is 0 Å². The number of ether oxygens (including phenoxy) is 1. The molecular weight excluding hydrogens is 274 g/mol. The van der Waals surface area contributed by atoms with E-state index >= 15 is 0 Å². The van der Waals surface area contributed by atoms with Crippen LogP contribution >= 0.6 is 0 Å². The monoisotopic (exact) mass is 288 g/mol. The van der Waals surface area contributed by atoms with Gasteiger partial charge < -0.3 is 10.1 Å². The van der Waals surface area contributed by atoms with Gasteiger partial charge in [0.1, 0.15) is 11.9 Å². The summed E-state index contributed by atoms with van der Waals surface area (Å²) in [5.41, 5.74) is 1.40. The lowest BCUT2D eigenvalue weighted by Gasteiger charge is -2.17. The number of halogens is 2. The average molecular weight is 288 g/mol. The van der Waals surface area contributed by atoms with Crippen LogP contribution in [-0.4, -0.2) is 7.11 Å². The summed E-state index contributed by atoms with van der Waals surface area (Å²) in [4.78, 5) is 0. The molecule has 1 atom stereocenters. The van der Waals surface area contributed by atoms with Crippen molar-refractivity contribution in [2.75, 3.05) is 12.4 Å². The minimum Gasteiger partial charge on any atom is -0.494 e. The smallest absolute Gasteiger partial charge is 0.165 e. The molecule has 0 amide bonds. The molecule has 0 bridgehead atoms. The molecule has 0 heterocycles. The summed E-state index contributed by atoms with van der Waals surface area (Å²) in [6.45, 7) is 1.83. The van der Waals surface area contributed by atoms with Crippen molar-refractivity contribution in [2.24, 2.45) is 0 Å². The second-order valence-electron chi connectivity index (χ2n) is 4.56. The van der Waals surface area contributed by atoms with Crippen molar-refractivity contribution >= 4 is 5.69 Å². The third-order valence-electron chi connectivity index (χ3n) is 3.15. The van der Waals surface area contributed by atoms with Crippen molar-refractivity contribution < 1.29 is 13.5 Å². The van der Waals surface area contributed by atoms with Gasteiger partial charge in [0, 0.05) is 6.04 Å². The zero-order chi connectivity index (χ0) is 15.4. The fourth-order valence-corrected chi connectivity index (χ4v) is 2.00. The summed E-state index contributed by atoms with van der Waals surface area (Å²) in [7, 11) is 1.40. The molecule has 2 aromatic carbocycles. The van der Waals surface area contributed by atoms with Crippen molar-refractivity contribution in [3.8, 4) is 11.8 Å². The van der Waals surface area contributed by atoms with Gasteiger partial charge in [-0.15, -0.1) is 0 Å². The summed E-state index contributed by atoms with van der Waals surface area (Å²) in [6.07, 6.45) is 0. The van der Waals surface area contributed by atoms with Gasteiger partial charge in [0.25, 0.3) is 0 Å². The Morgan fingerprint density at radius 3 is 2.57 bits per heavy atom. The van der Waals surface area contributed by atoms with Crippen LogP contribution in [0.5, 0.6) is 5.75 Å². The minimum absolute atomic E-state index is 0.172. The number of methoxy groups -OCH3 is 1. The maximum absolute atomic E-state index is 13.7. The van der Waals surface area contributed by atoms with Gasteiger partial charge in [0.15, 0.2) is 11.6 Å². The molecule has 0 fully saturated rings. The van der Waals surface area contributed by atoms with Crippen LogP contribution in [-0.2, 0) is 0 Å². The molecule has 1 unspecified atom stereocenters. The largest absolute Gasteiger partial charge is 0.494 e. The normalized spacial score (nSPS) is 11.6. The highest BCUT2D eigenvalue weighted by Gasteiger charge is 2.12. The summed E-state index contributed by atoms with van der Waals surface area (Å²) < 4.78 is 31.6. The van der Waals surface area contributed by atoms with E-state index in [9.17, 15) is 8.78 Å². The van der Waals surface area contributed by atoms with E-state index in [2.05, 4.69) is 5.32 Å². The minimum atomic E-state index is -0.472. The van der Waals surface area contributed by atoms with E-state index in [0.29, 0.717) is 11.3 Å². The molecule has 3 nitrogen and oxygen atoms in total. The Morgan fingerprint density at radius 2 is 1.95 bits per heavy atom. The van der Waals surface area contributed by atoms with E-state index in [1.165, 1.54) is 25.3 Å². The SMILES string of the molecule is COc1ccc(C(C)Nc2ccc(F)cc2C#N)cc1F. The van der Waals surface area contributed by atoms with Crippen molar-refractivity contribution in [3.63, 3.8) is 0 Å². The molecule has 0 saturated carbocycles. The standard InChI is InChI=1S/C16H14F2N2O/c1-10(11-3-6-16(21-2)14(18)8-11)20-15-5-4-13(17)7-12(15)9-19/h3-8,10,20H,1-2H3. The van der Waals surface area contributed by atoms with E-state index in [-0.39, 0.29) is 17.4 Å². The lowest BCUT2D eigenvalue weighted by atomic mass is 10.1. The number of benzene rings is 2. The topological polar surface area (TPSA) is 45.0 Å². The zero-order valence-corrected chi connectivity index (χ0v) is 11.7. The lowest BCUT2D eigenvalue weighted by molar-refractivity contribution is 0.386. The number of anilines is 1. The van der Waals surface area contributed by atoms with Crippen molar-refractivity contribution in [2.45, 2.75) is 13.0 Å². The average Bonchev–Trinajstić information content (AvgIpc) is 2.48. The van der Waals surface area contributed by atoms with Crippen LogP contribution in [0.4, 0.5) is 14.5 Å². The highest BCUT2D eigenvalue weighted by molar-refractivity contribution is 5.58. The summed E-state index contributed by atoms with van der Waals surface area (Å²) >= 11 is 0. The van der Waals surface area contributed by atoms with Crippen LogP contribution in [0.1, 0.15) is 24.1 Å². The van der Waals surface area contributed by atoms with Gasteiger partial charge in [-0.05, 0) is 42.8 Å². The Hall–Kier alpha value is -2.61. The van der Waals surface area contributed by atoms with Crippen LogP contribution in [0, 0.1) is 23.0 Å². The molecule has 108 valence electrons. The van der Waals surface area contributed by atoms with Gasteiger partial charge >= 0.3 is 0 Å². The van der Waals surface area contributed by atoms with Crippen molar-refractivity contribution in [1.82, 2.24) is 0 Å². The maximum Gasteiger partial charge on any atom is 0.165 e. The number of hydrogen-bond acceptors (Lipinski definition) is 3. The van der Waals surface area contributed by atoms with Crippen LogP contribution in [0.3, 0.4) is 0 Å². The predicted molar refractivity (Wildman–Crippen MR) is 76.1 cm³/mol. The van der Waals surface area contributed by atoms with E-state index in [0.717, 1.165) is 6.07 Å². The van der Waals surface area contributed by atoms with Crippen LogP contribution in [0.25, 0.3) is 0 Å². The number of rotatable bonds is 4. The van der Waals surface area contributed by atoms with E-state index < -0.39 is 11.6 Å². The molecule has 0 radical (unpaired) electrons. The molecule has 0 aliphatic carbocycles. The first-order valence-corrected chi connectivity index (χ1v) is 6.34. The first-order chi connectivity index (χ1) is 10.0. The molecular formula is C16H14F2N2O. The highest BCUT2D eigenvalue weighted by atomic mass is 19.1. The van der Waals surface area contributed by atoms with E-state index in [1.54, 1.807) is 12.1 Å². The maximum atomic E-state index is 13.7. The second kappa shape index (κ2) is 6.23. The van der Waals surface area contributed by atoms with Crippen molar-refractivity contribution in [1.29, 1.82) is 5.26 Å². The molecule has 5 heteroatoms. The van der Waals surface area contributed by atoms with Crippen molar-refractivity contribution in [3.05, 3.63) is 59.2 Å². The molecule has 0 aliphatic rings. The number of nitrogens with zero attached hydrogens (tertiary/aromatic N) is 1. The van der Waals surface area contributed by atoms with Gasteiger partial charge in [-0.25, -0.2) is 8.78 Å². The molecule has 21 heavy (non-hydrogen) atoms. The number of hydrogen-bond donors (Lipinski definition) is 1. The van der Waals surface area contributed by atoms with E-state index in [4.69, 9.17) is 10.00 Å². The third-order valence-corrected chi connectivity index (χ3v) is 3.15. The van der Waals surface area contributed by atoms with Gasteiger partial charge in [-0.2, -0.15) is 5.26 Å². The Labute approximate surface area is 121 Å². The number of nitriles is 1. The molecule has 0 saturated heterocycles. The molecule has 0 spiro atoms. The molecule has 1 N–H and O–H groups in total. The van der Waals surface area contributed by atoms with Gasteiger partial charge in [-0.3, -0.25) is 0 Å². The fraction of sp³-hybridized carbons (Fsp3) is 0.188. The van der Waals surface area contributed by atoms with Crippen LogP contribution in [0.15, 0.2) is 36.4 Å². The molecule has 0 aliphatic heterocycles. The zero-order valence-electron chi connectivity index (χ0n) is 11.7. The quantitative estimate of drug-likeness (QED) is 0.924. The Balaban J connectivity index is 2.24. The Kier molecular flexibility index (Phi) is 4.39. The molecule has 0 aromatic heterocycles. The second-order valence-corrected chi connectivity index (χ2v) is 4.56. The number of nitrogens with one attached hydrogen (secondary N) is 1. The highest BCUT2D eigenvalue weighted by Crippen LogP contribution is 2.26. The Bertz CT molecular complexity index is 695. The Morgan fingerprint density at radius 1 is 1.19 bits per heavy atom. The van der Waals surface area contributed by atoms with Crippen LogP contribution in [0.2, 0.25) is 0 Å². The van der Waals surface area contributed by atoms with Crippen LogP contribution < -0.4 is 10.1 Å². The fourth-order valence-electron chi connectivity index (χ4n) is 2.00. The molecule has 2 rings (SSSR count). The lowest BCUT2D eigenvalue weighted by Crippen LogP contribution is -2.08. The molecule has 2 aromatic rings. The predicted octanol–water partition coefficient (Wildman–Crippen LogP) is 4.02. The first-order valence-electron chi connectivity index (χ1n) is 6.34. The summed E-state index contributed by atoms with van der Waals surface area (Å²) in [6, 6.07) is 10.2. The van der Waals surface area contributed by atoms with Gasteiger partial charge in [-0.1, -0.05) is 6.07 Å². The van der Waals surface area contributed by atoms with Gasteiger partial charge in [0.05, 0.1) is 18.4 Å². The summed E-state index contributed by atoms with van der Waals surface area (Å²) in [5, 5.41) is 12.1. The first kappa shape index (κ1) is 14.8. The van der Waals surface area contributed by atoms with E-state index in [1.807, 2.05) is 13.0 Å². The summed E-state index contributed by atoms with van der Waals surface area (Å²) in [5.74, 6) is -0.756.